The lowest BCUT2D eigenvalue weighted by molar-refractivity contribution is -0.138. The number of piperidine rings is 1. The zero-order chi connectivity index (χ0) is 16.6. The van der Waals surface area contributed by atoms with Gasteiger partial charge in [0.1, 0.15) is 5.82 Å². The van der Waals surface area contributed by atoms with Gasteiger partial charge in [-0.1, -0.05) is 13.0 Å². The fourth-order valence-corrected chi connectivity index (χ4v) is 3.62. The molecule has 5 nitrogen and oxygen atoms in total. The summed E-state index contributed by atoms with van der Waals surface area (Å²) in [5.41, 5.74) is 6.93. The van der Waals surface area contributed by atoms with Crippen molar-refractivity contribution in [2.24, 2.45) is 11.7 Å². The molecule has 1 aromatic carbocycles. The maximum absolute atomic E-state index is 13.4. The Morgan fingerprint density at radius 1 is 1.46 bits per heavy atom. The summed E-state index contributed by atoms with van der Waals surface area (Å²) in [7, 11) is 0. The molecule has 24 heavy (non-hydrogen) atoms. The molecule has 1 saturated heterocycles. The molecule has 132 valence electrons. The predicted octanol–water partition coefficient (Wildman–Crippen LogP) is 2.26. The van der Waals surface area contributed by atoms with Crippen LogP contribution in [-0.4, -0.2) is 35.8 Å². The van der Waals surface area contributed by atoms with Crippen LogP contribution in [0.3, 0.4) is 0 Å². The van der Waals surface area contributed by atoms with Crippen LogP contribution in [-0.2, 0) is 9.59 Å². The molecule has 0 saturated carbocycles. The van der Waals surface area contributed by atoms with Crippen molar-refractivity contribution in [1.29, 1.82) is 0 Å². The number of likely N-dealkylation sites (tertiary alicyclic amines) is 1. The lowest BCUT2D eigenvalue weighted by Crippen LogP contribution is -2.51. The number of hydrogen-bond donors (Lipinski definition) is 2. The number of anilines is 1. The van der Waals surface area contributed by atoms with E-state index in [2.05, 4.69) is 12.2 Å². The smallest absolute Gasteiger partial charge is 0.231 e. The number of nitrogens with one attached hydrogen (secondary N) is 1. The second-order valence-corrected chi connectivity index (χ2v) is 6.59. The lowest BCUT2D eigenvalue weighted by atomic mass is 9.86. The van der Waals surface area contributed by atoms with E-state index in [0.29, 0.717) is 30.3 Å². The third kappa shape index (κ3) is 3.54. The van der Waals surface area contributed by atoms with Crippen LogP contribution in [0.25, 0.3) is 0 Å². The van der Waals surface area contributed by atoms with Gasteiger partial charge in [0.15, 0.2) is 0 Å². The molecule has 3 rings (SSSR count). The van der Waals surface area contributed by atoms with Crippen LogP contribution in [0.15, 0.2) is 18.2 Å². The van der Waals surface area contributed by atoms with Crippen molar-refractivity contribution in [3.8, 4) is 0 Å². The summed E-state index contributed by atoms with van der Waals surface area (Å²) in [5, 5.41) is 2.65. The molecule has 2 amide bonds. The molecule has 3 N–H and O–H groups in total. The quantitative estimate of drug-likeness (QED) is 0.854. The molecule has 2 heterocycles. The molecule has 0 aromatic heterocycles. The summed E-state index contributed by atoms with van der Waals surface area (Å²) in [6.45, 7) is 3.25. The minimum Gasteiger partial charge on any atom is -0.338 e. The summed E-state index contributed by atoms with van der Waals surface area (Å²) in [6.07, 6.45) is 1.93. The van der Waals surface area contributed by atoms with E-state index >= 15 is 0 Å². The molecular weight excluding hydrogens is 333 g/mol. The Labute approximate surface area is 147 Å². The molecule has 2 aliphatic rings. The topological polar surface area (TPSA) is 75.4 Å². The summed E-state index contributed by atoms with van der Waals surface area (Å²) in [5.74, 6) is -0.764. The highest BCUT2D eigenvalue weighted by Crippen LogP contribution is 2.35. The second kappa shape index (κ2) is 7.49. The van der Waals surface area contributed by atoms with E-state index < -0.39 is 11.7 Å². The number of nitrogens with two attached hydrogens (primary N) is 1. The highest BCUT2D eigenvalue weighted by Gasteiger charge is 2.37. The van der Waals surface area contributed by atoms with Crippen molar-refractivity contribution in [3.63, 3.8) is 0 Å². The van der Waals surface area contributed by atoms with Crippen LogP contribution in [0.2, 0.25) is 0 Å². The number of rotatable bonds is 2. The van der Waals surface area contributed by atoms with Gasteiger partial charge in [-0.15, -0.1) is 12.4 Å². The van der Waals surface area contributed by atoms with E-state index in [-0.39, 0.29) is 36.7 Å². The van der Waals surface area contributed by atoms with Crippen molar-refractivity contribution >= 4 is 29.9 Å². The Balaban J connectivity index is 0.00000208. The normalized spacial score (nSPS) is 26.2. The third-order valence-electron chi connectivity index (χ3n) is 4.89. The summed E-state index contributed by atoms with van der Waals surface area (Å²) >= 11 is 0. The highest BCUT2D eigenvalue weighted by atomic mass is 35.5. The van der Waals surface area contributed by atoms with Gasteiger partial charge < -0.3 is 16.0 Å². The van der Waals surface area contributed by atoms with Crippen LogP contribution < -0.4 is 11.1 Å². The first-order chi connectivity index (χ1) is 11.0. The fourth-order valence-electron chi connectivity index (χ4n) is 3.62. The Bertz CT molecular complexity index is 640. The number of hydrogen-bond acceptors (Lipinski definition) is 3. The van der Waals surface area contributed by atoms with E-state index in [9.17, 15) is 14.0 Å². The third-order valence-corrected chi connectivity index (χ3v) is 4.89. The Morgan fingerprint density at radius 3 is 2.92 bits per heavy atom. The largest absolute Gasteiger partial charge is 0.338 e. The predicted molar refractivity (Wildman–Crippen MR) is 92.6 cm³/mol. The van der Waals surface area contributed by atoms with Gasteiger partial charge >= 0.3 is 0 Å². The van der Waals surface area contributed by atoms with Crippen molar-refractivity contribution in [3.05, 3.63) is 29.6 Å². The van der Waals surface area contributed by atoms with Gasteiger partial charge in [-0.25, -0.2) is 4.39 Å². The average molecular weight is 356 g/mol. The molecule has 0 aliphatic carbocycles. The maximum atomic E-state index is 13.4. The van der Waals surface area contributed by atoms with Crippen LogP contribution in [0, 0.1) is 11.7 Å². The summed E-state index contributed by atoms with van der Waals surface area (Å²) < 4.78 is 13.4. The number of amides is 2. The van der Waals surface area contributed by atoms with E-state index in [1.165, 1.54) is 12.1 Å². The van der Waals surface area contributed by atoms with Gasteiger partial charge in [-0.3, -0.25) is 9.59 Å². The average Bonchev–Trinajstić information content (AvgIpc) is 2.52. The van der Waals surface area contributed by atoms with E-state index in [1.54, 1.807) is 6.07 Å². The number of halogens is 2. The first kappa shape index (κ1) is 18.7. The Hall–Kier alpha value is -1.66. The van der Waals surface area contributed by atoms with Gasteiger partial charge in [0.25, 0.3) is 0 Å². The van der Waals surface area contributed by atoms with Gasteiger partial charge in [0.05, 0.1) is 5.92 Å². The van der Waals surface area contributed by atoms with Crippen LogP contribution in [0.4, 0.5) is 10.1 Å². The molecule has 3 atom stereocenters. The molecular formula is C17H23ClFN3O2. The number of nitrogens with zero attached hydrogens (tertiary/aromatic N) is 1. The van der Waals surface area contributed by atoms with Crippen LogP contribution in [0.5, 0.6) is 0 Å². The number of carbonyl (C=O) groups is 2. The van der Waals surface area contributed by atoms with Crippen molar-refractivity contribution in [1.82, 2.24) is 4.90 Å². The monoisotopic (exact) mass is 355 g/mol. The zero-order valence-corrected chi connectivity index (χ0v) is 14.4. The Morgan fingerprint density at radius 2 is 2.21 bits per heavy atom. The molecule has 0 bridgehead atoms. The molecule has 7 heteroatoms. The molecule has 0 spiro atoms. The molecule has 3 unspecified atom stereocenters. The van der Waals surface area contributed by atoms with Gasteiger partial charge in [-0.2, -0.15) is 0 Å². The lowest BCUT2D eigenvalue weighted by Gasteiger charge is -2.40. The minimum absolute atomic E-state index is 0. The molecule has 1 fully saturated rings. The standard InChI is InChI=1S/C17H22FN3O2.ClH/c1-10-4-5-21(12(6-10)9-19)17(23)14-8-16(22)20-15-7-11(18)2-3-13(14)15;/h2-3,7,10,12,14H,4-6,8-9,19H2,1H3,(H,20,22);1H. The van der Waals surface area contributed by atoms with E-state index in [0.717, 1.165) is 12.8 Å². The first-order valence-electron chi connectivity index (χ1n) is 8.09. The Kier molecular flexibility index (Phi) is 5.83. The van der Waals surface area contributed by atoms with Crippen molar-refractivity contribution in [2.45, 2.75) is 38.1 Å². The molecule has 0 radical (unpaired) electrons. The molecule has 2 aliphatic heterocycles. The SMILES string of the molecule is CC1CCN(C(=O)C2CC(=O)Nc3cc(F)ccc32)C(CN)C1.Cl. The summed E-state index contributed by atoms with van der Waals surface area (Å²) in [6, 6.07) is 4.21. The maximum Gasteiger partial charge on any atom is 0.231 e. The van der Waals surface area contributed by atoms with Crippen molar-refractivity contribution < 1.29 is 14.0 Å². The van der Waals surface area contributed by atoms with Crippen molar-refractivity contribution in [2.75, 3.05) is 18.4 Å². The van der Waals surface area contributed by atoms with E-state index in [4.69, 9.17) is 5.73 Å². The van der Waals surface area contributed by atoms with Crippen LogP contribution >= 0.6 is 12.4 Å². The van der Waals surface area contributed by atoms with Gasteiger partial charge in [0.2, 0.25) is 11.8 Å². The minimum atomic E-state index is -0.554. The van der Waals surface area contributed by atoms with Gasteiger partial charge in [0, 0.05) is 31.2 Å². The van der Waals surface area contributed by atoms with E-state index in [1.807, 2.05) is 4.90 Å². The highest BCUT2D eigenvalue weighted by molar-refractivity contribution is 6.01. The number of fused-ring (bicyclic) bond motifs is 1. The molecule has 1 aromatic rings. The van der Waals surface area contributed by atoms with Gasteiger partial charge in [-0.05, 0) is 36.5 Å². The summed E-state index contributed by atoms with van der Waals surface area (Å²) in [4.78, 5) is 26.7. The number of benzene rings is 1. The van der Waals surface area contributed by atoms with Crippen LogP contribution in [0.1, 0.15) is 37.7 Å². The fraction of sp³-hybridized carbons (Fsp3) is 0.529. The number of carbonyl (C=O) groups excluding carboxylic acids is 2. The zero-order valence-electron chi connectivity index (χ0n) is 13.6. The first-order valence-corrected chi connectivity index (χ1v) is 8.09. The second-order valence-electron chi connectivity index (χ2n) is 6.59.